The quantitative estimate of drug-likeness (QED) is 0.497. The van der Waals surface area contributed by atoms with Crippen molar-refractivity contribution < 1.29 is 13.9 Å². The summed E-state index contributed by atoms with van der Waals surface area (Å²) in [5.41, 5.74) is 4.61. The number of nitrogens with zero attached hydrogens (tertiary/aromatic N) is 1. The number of fused-ring (bicyclic) bond motifs is 1. The molecule has 2 aromatic rings. The summed E-state index contributed by atoms with van der Waals surface area (Å²) in [5.74, 6) is 1.06. The number of hydrazone groups is 1. The molecular weight excluding hydrogens is 341 g/mol. The lowest BCUT2D eigenvalue weighted by molar-refractivity contribution is 0.297. The van der Waals surface area contributed by atoms with E-state index in [4.69, 9.17) is 21.7 Å². The van der Waals surface area contributed by atoms with Gasteiger partial charge in [-0.2, -0.15) is 5.10 Å². The lowest BCUT2D eigenvalue weighted by Crippen LogP contribution is -2.25. The number of anilines is 1. The average molecular weight is 359 g/mol. The van der Waals surface area contributed by atoms with Crippen molar-refractivity contribution in [3.8, 4) is 11.5 Å². The summed E-state index contributed by atoms with van der Waals surface area (Å²) in [6, 6.07) is 11.9. The van der Waals surface area contributed by atoms with Crippen LogP contribution in [0.1, 0.15) is 18.9 Å². The van der Waals surface area contributed by atoms with Crippen LogP contribution in [0.15, 0.2) is 47.6 Å². The van der Waals surface area contributed by atoms with Crippen molar-refractivity contribution in [2.45, 2.75) is 13.3 Å². The van der Waals surface area contributed by atoms with Crippen LogP contribution in [0.3, 0.4) is 0 Å². The molecule has 25 heavy (non-hydrogen) atoms. The number of benzene rings is 2. The van der Waals surface area contributed by atoms with Gasteiger partial charge in [-0.3, -0.25) is 5.43 Å². The van der Waals surface area contributed by atoms with Gasteiger partial charge in [-0.25, -0.2) is 4.39 Å². The molecule has 1 heterocycles. The zero-order valence-electron chi connectivity index (χ0n) is 13.7. The van der Waals surface area contributed by atoms with Crippen molar-refractivity contribution in [2.24, 2.45) is 5.10 Å². The first kappa shape index (κ1) is 17.2. The fraction of sp³-hybridized carbons (Fsp3) is 0.222. The third-order valence-electron chi connectivity index (χ3n) is 3.61. The number of hydrogen-bond acceptors (Lipinski definition) is 4. The molecule has 0 aromatic heterocycles. The second-order valence-corrected chi connectivity index (χ2v) is 5.86. The normalized spacial score (nSPS) is 13.8. The van der Waals surface area contributed by atoms with Crippen molar-refractivity contribution in [1.82, 2.24) is 5.43 Å². The summed E-state index contributed by atoms with van der Waals surface area (Å²) in [6.07, 6.45) is 0.856. The molecule has 0 bridgehead atoms. The first-order chi connectivity index (χ1) is 12.1. The molecule has 0 radical (unpaired) electrons. The van der Waals surface area contributed by atoms with Gasteiger partial charge in [-0.1, -0.05) is 12.1 Å². The van der Waals surface area contributed by atoms with Crippen molar-refractivity contribution in [3.63, 3.8) is 0 Å². The molecule has 0 saturated carbocycles. The van der Waals surface area contributed by atoms with Crippen LogP contribution in [0.25, 0.3) is 0 Å². The van der Waals surface area contributed by atoms with E-state index >= 15 is 0 Å². The van der Waals surface area contributed by atoms with Crippen LogP contribution in [0.4, 0.5) is 10.1 Å². The molecule has 5 nitrogen and oxygen atoms in total. The summed E-state index contributed by atoms with van der Waals surface area (Å²) < 4.78 is 24.9. The Morgan fingerprint density at radius 2 is 1.88 bits per heavy atom. The minimum absolute atomic E-state index is 0.207. The second kappa shape index (κ2) is 7.94. The van der Waals surface area contributed by atoms with Crippen LogP contribution in [0.2, 0.25) is 0 Å². The highest BCUT2D eigenvalue weighted by molar-refractivity contribution is 7.80. The maximum atomic E-state index is 13.6. The third kappa shape index (κ3) is 4.45. The summed E-state index contributed by atoms with van der Waals surface area (Å²) in [5, 5.41) is 7.21. The Bertz CT molecular complexity index is 811. The molecule has 2 N–H and O–H groups in total. The van der Waals surface area contributed by atoms with Gasteiger partial charge in [0.25, 0.3) is 0 Å². The number of rotatable bonds is 3. The molecule has 0 amide bonds. The average Bonchev–Trinajstić information content (AvgIpc) is 2.86. The number of ether oxygens (including phenoxy) is 2. The van der Waals surface area contributed by atoms with Gasteiger partial charge in [-0.15, -0.1) is 0 Å². The van der Waals surface area contributed by atoms with Crippen LogP contribution in [0.5, 0.6) is 11.5 Å². The smallest absolute Gasteiger partial charge is 0.191 e. The standard InChI is InChI=1S/C18H18FN3O2S/c1-12(13-7-8-16-17(11-13)24-10-4-9-23-16)21-22-18(25)20-15-6-3-2-5-14(15)19/h2-3,5-8,11H,4,9-10H2,1H3,(H2,20,22,25)/b21-12-. The fourth-order valence-electron chi connectivity index (χ4n) is 2.30. The van der Waals surface area contributed by atoms with Crippen LogP contribution >= 0.6 is 12.2 Å². The van der Waals surface area contributed by atoms with Gasteiger partial charge < -0.3 is 14.8 Å². The van der Waals surface area contributed by atoms with Gasteiger partial charge in [-0.05, 0) is 49.5 Å². The highest BCUT2D eigenvalue weighted by atomic mass is 32.1. The number of thiocarbonyl (C=S) groups is 1. The Hall–Kier alpha value is -2.67. The minimum atomic E-state index is -0.379. The molecule has 1 aliphatic heterocycles. The molecular formula is C18H18FN3O2S. The first-order valence-electron chi connectivity index (χ1n) is 7.89. The molecule has 130 valence electrons. The largest absolute Gasteiger partial charge is 0.490 e. The van der Waals surface area contributed by atoms with Gasteiger partial charge in [0.15, 0.2) is 16.6 Å². The Balaban J connectivity index is 1.66. The number of nitrogens with one attached hydrogen (secondary N) is 2. The van der Waals surface area contributed by atoms with Gasteiger partial charge in [0.05, 0.1) is 24.6 Å². The first-order valence-corrected chi connectivity index (χ1v) is 8.30. The molecule has 0 spiro atoms. The molecule has 0 atom stereocenters. The number of para-hydroxylation sites is 1. The molecule has 0 aliphatic carbocycles. The molecule has 0 unspecified atom stereocenters. The van der Waals surface area contributed by atoms with E-state index in [9.17, 15) is 4.39 Å². The van der Waals surface area contributed by atoms with E-state index in [2.05, 4.69) is 15.8 Å². The fourth-order valence-corrected chi connectivity index (χ4v) is 2.46. The SMILES string of the molecule is C/C(=N/NC(=S)Nc1ccccc1F)c1ccc2c(c1)OCCCO2. The summed E-state index contributed by atoms with van der Waals surface area (Å²) in [6.45, 7) is 3.12. The third-order valence-corrected chi connectivity index (χ3v) is 3.81. The van der Waals surface area contributed by atoms with E-state index in [-0.39, 0.29) is 10.9 Å². The zero-order chi connectivity index (χ0) is 17.6. The van der Waals surface area contributed by atoms with E-state index in [0.717, 1.165) is 17.7 Å². The topological polar surface area (TPSA) is 54.9 Å². The van der Waals surface area contributed by atoms with Crippen LogP contribution < -0.4 is 20.2 Å². The zero-order valence-corrected chi connectivity index (χ0v) is 14.5. The number of hydrogen-bond donors (Lipinski definition) is 2. The second-order valence-electron chi connectivity index (χ2n) is 5.45. The van der Waals surface area contributed by atoms with Crippen molar-refractivity contribution in [2.75, 3.05) is 18.5 Å². The van der Waals surface area contributed by atoms with E-state index in [0.29, 0.717) is 30.4 Å². The highest BCUT2D eigenvalue weighted by Gasteiger charge is 2.11. The Kier molecular flexibility index (Phi) is 5.45. The van der Waals surface area contributed by atoms with E-state index < -0.39 is 0 Å². The molecule has 1 aliphatic rings. The van der Waals surface area contributed by atoms with Gasteiger partial charge in [0.2, 0.25) is 0 Å². The predicted molar refractivity (Wildman–Crippen MR) is 100 cm³/mol. The highest BCUT2D eigenvalue weighted by Crippen LogP contribution is 2.30. The van der Waals surface area contributed by atoms with E-state index in [1.165, 1.54) is 6.07 Å². The lowest BCUT2D eigenvalue weighted by atomic mass is 10.1. The van der Waals surface area contributed by atoms with Gasteiger partial charge in [0.1, 0.15) is 5.82 Å². The molecule has 0 fully saturated rings. The Labute approximate surface area is 150 Å². The van der Waals surface area contributed by atoms with Crippen LogP contribution in [0, 0.1) is 5.82 Å². The van der Waals surface area contributed by atoms with Crippen molar-refractivity contribution in [3.05, 3.63) is 53.8 Å². The Morgan fingerprint density at radius 3 is 2.68 bits per heavy atom. The molecule has 0 saturated heterocycles. The minimum Gasteiger partial charge on any atom is -0.490 e. The van der Waals surface area contributed by atoms with Gasteiger partial charge in [0, 0.05) is 12.0 Å². The molecule has 3 rings (SSSR count). The lowest BCUT2D eigenvalue weighted by Gasteiger charge is -2.10. The monoisotopic (exact) mass is 359 g/mol. The summed E-state index contributed by atoms with van der Waals surface area (Å²) >= 11 is 5.14. The van der Waals surface area contributed by atoms with E-state index in [1.54, 1.807) is 18.2 Å². The number of halogens is 1. The predicted octanol–water partition coefficient (Wildman–Crippen LogP) is 3.70. The van der Waals surface area contributed by atoms with Gasteiger partial charge >= 0.3 is 0 Å². The maximum Gasteiger partial charge on any atom is 0.191 e. The van der Waals surface area contributed by atoms with E-state index in [1.807, 2.05) is 25.1 Å². The van der Waals surface area contributed by atoms with Crippen LogP contribution in [-0.2, 0) is 0 Å². The maximum absolute atomic E-state index is 13.6. The molecule has 7 heteroatoms. The summed E-state index contributed by atoms with van der Waals surface area (Å²) in [7, 11) is 0. The Morgan fingerprint density at radius 1 is 1.12 bits per heavy atom. The van der Waals surface area contributed by atoms with Crippen molar-refractivity contribution in [1.29, 1.82) is 0 Å². The van der Waals surface area contributed by atoms with Crippen LogP contribution in [-0.4, -0.2) is 24.0 Å². The molecule has 2 aromatic carbocycles. The van der Waals surface area contributed by atoms with Crippen molar-refractivity contribution >= 4 is 28.7 Å². The summed E-state index contributed by atoms with van der Waals surface area (Å²) in [4.78, 5) is 0.